The van der Waals surface area contributed by atoms with Gasteiger partial charge in [0.15, 0.2) is 0 Å². The van der Waals surface area contributed by atoms with Crippen LogP contribution in [0.1, 0.15) is 25.7 Å². The Balaban J connectivity index is 2.16. The van der Waals surface area contributed by atoms with E-state index < -0.39 is 17.8 Å². The summed E-state index contributed by atoms with van der Waals surface area (Å²) in [6.45, 7) is 0. The fourth-order valence-corrected chi connectivity index (χ4v) is 2.92. The van der Waals surface area contributed by atoms with E-state index >= 15 is 0 Å². The second-order valence-corrected chi connectivity index (χ2v) is 5.61. The van der Waals surface area contributed by atoms with Crippen molar-refractivity contribution in [2.45, 2.75) is 25.7 Å². The topological polar surface area (TPSA) is 75.6 Å². The summed E-state index contributed by atoms with van der Waals surface area (Å²) in [5.74, 6) is -1.84. The Kier molecular flexibility index (Phi) is 5.07. The number of methoxy groups -OCH3 is 1. The predicted molar refractivity (Wildman–Crippen MR) is 79.7 cm³/mol. The molecule has 0 saturated heterocycles. The van der Waals surface area contributed by atoms with Crippen molar-refractivity contribution in [2.24, 2.45) is 11.8 Å². The van der Waals surface area contributed by atoms with Gasteiger partial charge in [0.1, 0.15) is 5.75 Å². The number of aliphatic carboxylic acids is 1. The summed E-state index contributed by atoms with van der Waals surface area (Å²) in [4.78, 5) is 23.7. The molecule has 1 aromatic rings. The smallest absolute Gasteiger partial charge is 0.307 e. The third-order valence-corrected chi connectivity index (χ3v) is 4.07. The van der Waals surface area contributed by atoms with E-state index in [0.717, 1.165) is 12.8 Å². The van der Waals surface area contributed by atoms with Gasteiger partial charge in [0.05, 0.1) is 24.6 Å². The number of carboxylic acids is 1. The third kappa shape index (κ3) is 3.67. The van der Waals surface area contributed by atoms with Gasteiger partial charge < -0.3 is 15.2 Å². The summed E-state index contributed by atoms with van der Waals surface area (Å²) in [6.07, 6.45) is 2.85. The lowest BCUT2D eigenvalue weighted by atomic mass is 9.78. The van der Waals surface area contributed by atoms with E-state index in [2.05, 4.69) is 5.32 Å². The van der Waals surface area contributed by atoms with E-state index in [0.29, 0.717) is 29.3 Å². The molecule has 1 aromatic carbocycles. The van der Waals surface area contributed by atoms with Crippen LogP contribution in [0.2, 0.25) is 5.02 Å². The number of benzene rings is 1. The molecule has 0 spiro atoms. The standard InChI is InChI=1S/C15H18ClNO4/c1-21-13-7-6-9(16)8-12(13)17-14(18)10-4-2-3-5-11(10)15(19)20/h6-8,10-11H,2-5H2,1H3,(H,17,18)(H,19,20)/t10-,11+/m1/s1. The molecule has 0 radical (unpaired) electrons. The molecule has 1 saturated carbocycles. The Morgan fingerprint density at radius 3 is 2.57 bits per heavy atom. The van der Waals surface area contributed by atoms with E-state index in [-0.39, 0.29) is 5.91 Å². The molecule has 0 aliphatic heterocycles. The van der Waals surface area contributed by atoms with Crippen LogP contribution < -0.4 is 10.1 Å². The molecule has 1 fully saturated rings. The van der Waals surface area contributed by atoms with Crippen LogP contribution in [0.3, 0.4) is 0 Å². The quantitative estimate of drug-likeness (QED) is 0.895. The molecule has 2 rings (SSSR count). The SMILES string of the molecule is COc1ccc(Cl)cc1NC(=O)[C@@H]1CCCC[C@@H]1C(=O)O. The number of hydrogen-bond acceptors (Lipinski definition) is 3. The van der Waals surface area contributed by atoms with Gasteiger partial charge in [0.25, 0.3) is 0 Å². The van der Waals surface area contributed by atoms with Gasteiger partial charge in [0, 0.05) is 5.02 Å². The number of carbonyl (C=O) groups excluding carboxylic acids is 1. The van der Waals surface area contributed by atoms with Gasteiger partial charge in [-0.15, -0.1) is 0 Å². The maximum Gasteiger partial charge on any atom is 0.307 e. The van der Waals surface area contributed by atoms with Gasteiger partial charge in [-0.2, -0.15) is 0 Å². The number of rotatable bonds is 4. The van der Waals surface area contributed by atoms with E-state index in [1.807, 2.05) is 0 Å². The minimum Gasteiger partial charge on any atom is -0.495 e. The minimum atomic E-state index is -0.909. The van der Waals surface area contributed by atoms with Crippen molar-refractivity contribution in [3.05, 3.63) is 23.2 Å². The van der Waals surface area contributed by atoms with Crippen LogP contribution >= 0.6 is 11.6 Å². The van der Waals surface area contributed by atoms with Crippen LogP contribution in [0, 0.1) is 11.8 Å². The molecule has 1 amide bonds. The van der Waals surface area contributed by atoms with E-state index in [4.69, 9.17) is 16.3 Å². The Labute approximate surface area is 128 Å². The van der Waals surface area contributed by atoms with Crippen LogP contribution in [-0.2, 0) is 9.59 Å². The maximum absolute atomic E-state index is 12.4. The highest BCUT2D eigenvalue weighted by Gasteiger charge is 2.35. The molecule has 114 valence electrons. The number of halogens is 1. The summed E-state index contributed by atoms with van der Waals surface area (Å²) in [5.41, 5.74) is 0.463. The van der Waals surface area contributed by atoms with Gasteiger partial charge in [-0.05, 0) is 31.0 Å². The van der Waals surface area contributed by atoms with Crippen molar-refractivity contribution in [2.75, 3.05) is 12.4 Å². The number of nitrogens with one attached hydrogen (secondary N) is 1. The Morgan fingerprint density at radius 2 is 1.95 bits per heavy atom. The number of ether oxygens (including phenoxy) is 1. The highest BCUT2D eigenvalue weighted by molar-refractivity contribution is 6.31. The van der Waals surface area contributed by atoms with Crippen molar-refractivity contribution < 1.29 is 19.4 Å². The highest BCUT2D eigenvalue weighted by Crippen LogP contribution is 2.33. The average molecular weight is 312 g/mol. The van der Waals surface area contributed by atoms with Crippen LogP contribution in [0.15, 0.2) is 18.2 Å². The van der Waals surface area contributed by atoms with Gasteiger partial charge in [-0.1, -0.05) is 24.4 Å². The Hall–Kier alpha value is -1.75. The number of anilines is 1. The minimum absolute atomic E-state index is 0.289. The molecule has 2 atom stereocenters. The first kappa shape index (κ1) is 15.6. The van der Waals surface area contributed by atoms with Crippen molar-refractivity contribution in [3.8, 4) is 5.75 Å². The van der Waals surface area contributed by atoms with Crippen LogP contribution in [0.5, 0.6) is 5.75 Å². The van der Waals surface area contributed by atoms with Gasteiger partial charge in [-0.3, -0.25) is 9.59 Å². The number of hydrogen-bond donors (Lipinski definition) is 2. The molecule has 0 aromatic heterocycles. The molecular weight excluding hydrogens is 294 g/mol. The fraction of sp³-hybridized carbons (Fsp3) is 0.467. The number of amides is 1. The average Bonchev–Trinajstić information content (AvgIpc) is 2.47. The lowest BCUT2D eigenvalue weighted by Gasteiger charge is -2.27. The monoisotopic (exact) mass is 311 g/mol. The first-order valence-electron chi connectivity index (χ1n) is 6.90. The first-order valence-corrected chi connectivity index (χ1v) is 7.28. The summed E-state index contributed by atoms with van der Waals surface area (Å²) >= 11 is 5.92. The van der Waals surface area contributed by atoms with Gasteiger partial charge in [-0.25, -0.2) is 0 Å². The van der Waals surface area contributed by atoms with E-state index in [1.54, 1.807) is 18.2 Å². The first-order chi connectivity index (χ1) is 10.0. The van der Waals surface area contributed by atoms with Crippen molar-refractivity contribution in [1.82, 2.24) is 0 Å². The molecule has 6 heteroatoms. The van der Waals surface area contributed by atoms with E-state index in [9.17, 15) is 14.7 Å². The predicted octanol–water partition coefficient (Wildman–Crippen LogP) is 3.18. The lowest BCUT2D eigenvalue weighted by Crippen LogP contribution is -2.36. The largest absolute Gasteiger partial charge is 0.495 e. The Bertz CT molecular complexity index is 546. The maximum atomic E-state index is 12.4. The van der Waals surface area contributed by atoms with E-state index in [1.165, 1.54) is 7.11 Å². The normalized spacial score (nSPS) is 21.6. The van der Waals surface area contributed by atoms with Gasteiger partial charge in [0.2, 0.25) is 5.91 Å². The molecule has 21 heavy (non-hydrogen) atoms. The van der Waals surface area contributed by atoms with Gasteiger partial charge >= 0.3 is 5.97 Å². The molecule has 0 unspecified atom stereocenters. The second kappa shape index (κ2) is 6.80. The summed E-state index contributed by atoms with van der Waals surface area (Å²) in [6, 6.07) is 4.92. The highest BCUT2D eigenvalue weighted by atomic mass is 35.5. The molecule has 2 N–H and O–H groups in total. The zero-order valence-electron chi connectivity index (χ0n) is 11.8. The summed E-state index contributed by atoms with van der Waals surface area (Å²) < 4.78 is 5.17. The Morgan fingerprint density at radius 1 is 1.29 bits per heavy atom. The van der Waals surface area contributed by atoms with Crippen molar-refractivity contribution in [3.63, 3.8) is 0 Å². The van der Waals surface area contributed by atoms with Crippen molar-refractivity contribution >= 4 is 29.2 Å². The summed E-state index contributed by atoms with van der Waals surface area (Å²) in [5, 5.41) is 12.5. The molecule has 5 nitrogen and oxygen atoms in total. The molecule has 0 heterocycles. The van der Waals surface area contributed by atoms with Crippen LogP contribution in [0.25, 0.3) is 0 Å². The lowest BCUT2D eigenvalue weighted by molar-refractivity contribution is -0.147. The number of carboxylic acid groups (broad SMARTS) is 1. The molecule has 1 aliphatic carbocycles. The zero-order chi connectivity index (χ0) is 15.4. The fourth-order valence-electron chi connectivity index (χ4n) is 2.74. The summed E-state index contributed by atoms with van der Waals surface area (Å²) in [7, 11) is 1.50. The molecule has 0 bridgehead atoms. The molecular formula is C15H18ClNO4. The third-order valence-electron chi connectivity index (χ3n) is 3.84. The van der Waals surface area contributed by atoms with Crippen molar-refractivity contribution in [1.29, 1.82) is 0 Å². The zero-order valence-corrected chi connectivity index (χ0v) is 12.5. The number of carbonyl (C=O) groups is 2. The van der Waals surface area contributed by atoms with Crippen LogP contribution in [0.4, 0.5) is 5.69 Å². The second-order valence-electron chi connectivity index (χ2n) is 5.17. The van der Waals surface area contributed by atoms with Crippen LogP contribution in [-0.4, -0.2) is 24.1 Å². The molecule has 1 aliphatic rings.